The first-order chi connectivity index (χ1) is 10.3. The van der Waals surface area contributed by atoms with Gasteiger partial charge in [0.05, 0.1) is 14.2 Å². The van der Waals surface area contributed by atoms with Crippen LogP contribution in [0.5, 0.6) is 11.5 Å². The van der Waals surface area contributed by atoms with E-state index in [0.717, 1.165) is 41.8 Å². The lowest BCUT2D eigenvalue weighted by Crippen LogP contribution is -2.30. The number of methoxy groups -OCH3 is 2. The van der Waals surface area contributed by atoms with Crippen LogP contribution in [0.2, 0.25) is 0 Å². The molecule has 112 valence electrons. The van der Waals surface area contributed by atoms with E-state index in [1.165, 1.54) is 18.4 Å². The molecule has 2 aromatic carbocycles. The zero-order valence-corrected chi connectivity index (χ0v) is 12.8. The fourth-order valence-electron chi connectivity index (χ4n) is 3.34. The molecule has 0 aliphatic carbocycles. The predicted octanol–water partition coefficient (Wildman–Crippen LogP) is 3.40. The van der Waals surface area contributed by atoms with Gasteiger partial charge in [0.25, 0.3) is 0 Å². The van der Waals surface area contributed by atoms with Gasteiger partial charge in [-0.3, -0.25) is 0 Å². The standard InChI is InChI=1S/C18H23NO2/c1-20-17-7-3-6-16-15(17)9-8-14(18(16)21-2)11-13-5-4-10-19-12-13/h3,6-9,13,19H,4-5,10-12H2,1-2H3. The van der Waals surface area contributed by atoms with E-state index in [1.807, 2.05) is 12.1 Å². The van der Waals surface area contributed by atoms with Crippen LogP contribution in [0.3, 0.4) is 0 Å². The van der Waals surface area contributed by atoms with Crippen LogP contribution in [0.15, 0.2) is 30.3 Å². The molecule has 1 fully saturated rings. The molecule has 1 saturated heterocycles. The van der Waals surface area contributed by atoms with Gasteiger partial charge in [-0.1, -0.05) is 24.3 Å². The van der Waals surface area contributed by atoms with Crippen molar-refractivity contribution in [2.75, 3.05) is 27.3 Å². The molecule has 0 spiro atoms. The number of ether oxygens (including phenoxy) is 2. The maximum atomic E-state index is 5.72. The molecule has 1 N–H and O–H groups in total. The van der Waals surface area contributed by atoms with Crippen molar-refractivity contribution in [1.29, 1.82) is 0 Å². The summed E-state index contributed by atoms with van der Waals surface area (Å²) in [6.07, 6.45) is 3.64. The largest absolute Gasteiger partial charge is 0.496 e. The number of hydrogen-bond donors (Lipinski definition) is 1. The fraction of sp³-hybridized carbons (Fsp3) is 0.444. The van der Waals surface area contributed by atoms with Crippen LogP contribution in [0.25, 0.3) is 10.8 Å². The summed E-state index contributed by atoms with van der Waals surface area (Å²) in [6, 6.07) is 10.5. The molecule has 3 rings (SSSR count). The lowest BCUT2D eigenvalue weighted by atomic mass is 9.90. The van der Waals surface area contributed by atoms with Crippen molar-refractivity contribution in [2.45, 2.75) is 19.3 Å². The number of rotatable bonds is 4. The highest BCUT2D eigenvalue weighted by Gasteiger charge is 2.17. The van der Waals surface area contributed by atoms with Gasteiger partial charge >= 0.3 is 0 Å². The summed E-state index contributed by atoms with van der Waals surface area (Å²) in [6.45, 7) is 2.27. The van der Waals surface area contributed by atoms with Crippen LogP contribution in [-0.2, 0) is 6.42 Å². The van der Waals surface area contributed by atoms with Gasteiger partial charge in [0.15, 0.2) is 0 Å². The maximum Gasteiger partial charge on any atom is 0.130 e. The Labute approximate surface area is 126 Å². The van der Waals surface area contributed by atoms with Crippen LogP contribution in [-0.4, -0.2) is 27.3 Å². The molecule has 1 aliphatic heterocycles. The van der Waals surface area contributed by atoms with Crippen molar-refractivity contribution in [3.8, 4) is 11.5 Å². The molecular formula is C18H23NO2. The lowest BCUT2D eigenvalue weighted by molar-refractivity contribution is 0.365. The summed E-state index contributed by atoms with van der Waals surface area (Å²) < 4.78 is 11.2. The number of benzene rings is 2. The van der Waals surface area contributed by atoms with E-state index in [4.69, 9.17) is 9.47 Å². The van der Waals surface area contributed by atoms with Crippen molar-refractivity contribution in [1.82, 2.24) is 5.32 Å². The molecule has 0 aromatic heterocycles. The molecule has 3 heteroatoms. The van der Waals surface area contributed by atoms with Crippen molar-refractivity contribution in [3.05, 3.63) is 35.9 Å². The van der Waals surface area contributed by atoms with E-state index in [2.05, 4.69) is 23.5 Å². The van der Waals surface area contributed by atoms with Gasteiger partial charge in [-0.2, -0.15) is 0 Å². The summed E-state index contributed by atoms with van der Waals surface area (Å²) in [7, 11) is 3.47. The smallest absolute Gasteiger partial charge is 0.130 e. The Hall–Kier alpha value is -1.74. The Kier molecular flexibility index (Phi) is 4.30. The summed E-state index contributed by atoms with van der Waals surface area (Å²) in [5.41, 5.74) is 1.30. The number of hydrogen-bond acceptors (Lipinski definition) is 3. The summed E-state index contributed by atoms with van der Waals surface area (Å²) >= 11 is 0. The molecule has 1 atom stereocenters. The number of fused-ring (bicyclic) bond motifs is 1. The highest BCUT2D eigenvalue weighted by molar-refractivity contribution is 5.94. The van der Waals surface area contributed by atoms with Gasteiger partial charge in [-0.15, -0.1) is 0 Å². The van der Waals surface area contributed by atoms with Crippen LogP contribution in [0, 0.1) is 5.92 Å². The van der Waals surface area contributed by atoms with Gasteiger partial charge in [-0.05, 0) is 49.9 Å². The Morgan fingerprint density at radius 2 is 2.00 bits per heavy atom. The second-order valence-corrected chi connectivity index (χ2v) is 5.73. The monoisotopic (exact) mass is 285 g/mol. The van der Waals surface area contributed by atoms with Gasteiger partial charge < -0.3 is 14.8 Å². The molecular weight excluding hydrogens is 262 g/mol. The average molecular weight is 285 g/mol. The van der Waals surface area contributed by atoms with E-state index in [0.29, 0.717) is 5.92 Å². The molecule has 0 radical (unpaired) electrons. The van der Waals surface area contributed by atoms with Gasteiger partial charge in [0.1, 0.15) is 11.5 Å². The summed E-state index contributed by atoms with van der Waals surface area (Å²) in [5, 5.41) is 5.74. The quantitative estimate of drug-likeness (QED) is 0.934. The van der Waals surface area contributed by atoms with E-state index in [9.17, 15) is 0 Å². The third kappa shape index (κ3) is 2.84. The third-order valence-electron chi connectivity index (χ3n) is 4.39. The van der Waals surface area contributed by atoms with Crippen molar-refractivity contribution < 1.29 is 9.47 Å². The Balaban J connectivity index is 1.99. The van der Waals surface area contributed by atoms with E-state index < -0.39 is 0 Å². The van der Waals surface area contributed by atoms with E-state index in [-0.39, 0.29) is 0 Å². The first-order valence-corrected chi connectivity index (χ1v) is 7.66. The first-order valence-electron chi connectivity index (χ1n) is 7.66. The molecule has 0 amide bonds. The normalized spacial score (nSPS) is 18.7. The zero-order chi connectivity index (χ0) is 14.7. The first kappa shape index (κ1) is 14.2. The summed E-state index contributed by atoms with van der Waals surface area (Å²) in [5.74, 6) is 2.60. The molecule has 1 aliphatic rings. The third-order valence-corrected chi connectivity index (χ3v) is 4.39. The van der Waals surface area contributed by atoms with Gasteiger partial charge in [0, 0.05) is 10.8 Å². The minimum atomic E-state index is 0.704. The second kappa shape index (κ2) is 6.35. The predicted molar refractivity (Wildman–Crippen MR) is 86.3 cm³/mol. The van der Waals surface area contributed by atoms with Crippen LogP contribution >= 0.6 is 0 Å². The highest BCUT2D eigenvalue weighted by Crippen LogP contribution is 2.36. The lowest BCUT2D eigenvalue weighted by Gasteiger charge is -2.24. The van der Waals surface area contributed by atoms with Crippen LogP contribution in [0.1, 0.15) is 18.4 Å². The molecule has 21 heavy (non-hydrogen) atoms. The summed E-state index contributed by atoms with van der Waals surface area (Å²) in [4.78, 5) is 0. The van der Waals surface area contributed by atoms with E-state index >= 15 is 0 Å². The van der Waals surface area contributed by atoms with Crippen LogP contribution in [0.4, 0.5) is 0 Å². The minimum Gasteiger partial charge on any atom is -0.496 e. The van der Waals surface area contributed by atoms with Gasteiger partial charge in [-0.25, -0.2) is 0 Å². The molecule has 1 heterocycles. The number of piperidine rings is 1. The molecule has 3 nitrogen and oxygen atoms in total. The Morgan fingerprint density at radius 1 is 1.10 bits per heavy atom. The minimum absolute atomic E-state index is 0.704. The molecule has 1 unspecified atom stereocenters. The van der Waals surface area contributed by atoms with Crippen molar-refractivity contribution in [2.24, 2.45) is 5.92 Å². The fourth-order valence-corrected chi connectivity index (χ4v) is 3.34. The van der Waals surface area contributed by atoms with E-state index in [1.54, 1.807) is 14.2 Å². The Bertz CT molecular complexity index is 618. The van der Waals surface area contributed by atoms with Crippen molar-refractivity contribution >= 4 is 10.8 Å². The Morgan fingerprint density at radius 3 is 2.71 bits per heavy atom. The zero-order valence-electron chi connectivity index (χ0n) is 12.8. The SMILES string of the molecule is COc1cccc2c(OC)c(CC3CCCNC3)ccc12. The number of nitrogens with one attached hydrogen (secondary N) is 1. The molecule has 0 saturated carbocycles. The van der Waals surface area contributed by atoms with Crippen LogP contribution < -0.4 is 14.8 Å². The maximum absolute atomic E-state index is 5.72. The van der Waals surface area contributed by atoms with Crippen molar-refractivity contribution in [3.63, 3.8) is 0 Å². The average Bonchev–Trinajstić information content (AvgIpc) is 2.55. The van der Waals surface area contributed by atoms with Gasteiger partial charge in [0.2, 0.25) is 0 Å². The molecule has 0 bridgehead atoms. The highest BCUT2D eigenvalue weighted by atomic mass is 16.5. The topological polar surface area (TPSA) is 30.5 Å². The second-order valence-electron chi connectivity index (χ2n) is 5.73. The molecule has 2 aromatic rings.